The Bertz CT molecular complexity index is 739. The zero-order chi connectivity index (χ0) is 12.7. The minimum absolute atomic E-state index is 0.733. The fourth-order valence-electron chi connectivity index (χ4n) is 3.52. The molecule has 1 aliphatic rings. The molecule has 1 nitrogen and oxygen atoms in total. The van der Waals surface area contributed by atoms with Crippen LogP contribution in [0.3, 0.4) is 0 Å². The Morgan fingerprint density at radius 1 is 0.842 bits per heavy atom. The van der Waals surface area contributed by atoms with Crippen molar-refractivity contribution in [2.24, 2.45) is 0 Å². The quantitative estimate of drug-likeness (QED) is 0.549. The summed E-state index contributed by atoms with van der Waals surface area (Å²) < 4.78 is 0. The molecule has 4 rings (SSSR count). The van der Waals surface area contributed by atoms with E-state index in [9.17, 15) is 0 Å². The van der Waals surface area contributed by atoms with Crippen LogP contribution in [0.15, 0.2) is 48.7 Å². The van der Waals surface area contributed by atoms with E-state index in [-0.39, 0.29) is 0 Å². The Hall–Kier alpha value is -1.89. The van der Waals surface area contributed by atoms with Crippen molar-refractivity contribution in [2.75, 3.05) is 0 Å². The summed E-state index contributed by atoms with van der Waals surface area (Å²) in [6, 6.07) is 15.3. The van der Waals surface area contributed by atoms with Crippen LogP contribution in [0.25, 0.3) is 21.7 Å². The first-order chi connectivity index (χ1) is 9.43. The third-order valence-corrected chi connectivity index (χ3v) is 4.44. The molecule has 0 bridgehead atoms. The van der Waals surface area contributed by atoms with Crippen molar-refractivity contribution in [2.45, 2.75) is 31.6 Å². The van der Waals surface area contributed by atoms with Gasteiger partial charge in [-0.25, -0.2) is 0 Å². The summed E-state index contributed by atoms with van der Waals surface area (Å²) in [4.78, 5) is 4.64. The van der Waals surface area contributed by atoms with Crippen molar-refractivity contribution in [1.29, 1.82) is 0 Å². The molecule has 0 radical (unpaired) electrons. The largest absolute Gasteiger partial charge is 0.256 e. The second-order valence-electron chi connectivity index (χ2n) is 5.57. The van der Waals surface area contributed by atoms with Gasteiger partial charge in [-0.15, -0.1) is 0 Å². The Morgan fingerprint density at radius 2 is 1.63 bits per heavy atom. The van der Waals surface area contributed by atoms with Gasteiger partial charge in [-0.05, 0) is 35.8 Å². The van der Waals surface area contributed by atoms with Crippen LogP contribution in [0, 0.1) is 0 Å². The first kappa shape index (κ1) is 11.0. The highest BCUT2D eigenvalue weighted by atomic mass is 14.6. The normalized spacial score (nSPS) is 16.4. The average molecular weight is 247 g/mol. The predicted molar refractivity (Wildman–Crippen MR) is 80.5 cm³/mol. The maximum absolute atomic E-state index is 4.64. The van der Waals surface area contributed by atoms with E-state index in [0.29, 0.717) is 0 Å². The van der Waals surface area contributed by atoms with Crippen LogP contribution in [0.1, 0.15) is 37.2 Å². The summed E-state index contributed by atoms with van der Waals surface area (Å²) in [7, 11) is 0. The first-order valence-electron chi connectivity index (χ1n) is 7.20. The molecule has 0 atom stereocenters. The topological polar surface area (TPSA) is 12.9 Å². The third kappa shape index (κ3) is 1.73. The number of rotatable bonds is 1. The minimum atomic E-state index is 0.733. The molecule has 1 aliphatic carbocycles. The molecule has 1 heteroatoms. The van der Waals surface area contributed by atoms with E-state index in [1.54, 1.807) is 0 Å². The van der Waals surface area contributed by atoms with Crippen LogP contribution in [0.4, 0.5) is 0 Å². The zero-order valence-electron chi connectivity index (χ0n) is 11.0. The number of hydrogen-bond donors (Lipinski definition) is 0. The van der Waals surface area contributed by atoms with Gasteiger partial charge in [0.25, 0.3) is 0 Å². The molecule has 0 N–H and O–H groups in total. The van der Waals surface area contributed by atoms with E-state index in [2.05, 4.69) is 41.4 Å². The Morgan fingerprint density at radius 3 is 2.53 bits per heavy atom. The molecule has 2 aromatic carbocycles. The summed E-state index contributed by atoms with van der Waals surface area (Å²) in [6.45, 7) is 0. The van der Waals surface area contributed by atoms with Crippen LogP contribution in [-0.4, -0.2) is 4.98 Å². The van der Waals surface area contributed by atoms with E-state index >= 15 is 0 Å². The lowest BCUT2D eigenvalue weighted by Crippen LogP contribution is -1.95. The van der Waals surface area contributed by atoms with Gasteiger partial charge in [0.1, 0.15) is 0 Å². The molecule has 0 saturated heterocycles. The van der Waals surface area contributed by atoms with Crippen LogP contribution >= 0.6 is 0 Å². The molecule has 1 heterocycles. The van der Waals surface area contributed by atoms with Gasteiger partial charge in [0, 0.05) is 17.0 Å². The van der Waals surface area contributed by atoms with Crippen molar-refractivity contribution in [3.05, 3.63) is 54.2 Å². The molecule has 0 spiro atoms. The zero-order valence-corrected chi connectivity index (χ0v) is 11.0. The predicted octanol–water partition coefficient (Wildman–Crippen LogP) is 5.05. The van der Waals surface area contributed by atoms with Gasteiger partial charge < -0.3 is 0 Å². The molecule has 0 unspecified atom stereocenters. The maximum Gasteiger partial charge on any atom is 0.0783 e. The highest BCUT2D eigenvalue weighted by Gasteiger charge is 2.20. The van der Waals surface area contributed by atoms with E-state index in [1.165, 1.54) is 52.9 Å². The monoisotopic (exact) mass is 247 g/mol. The summed E-state index contributed by atoms with van der Waals surface area (Å²) in [5.41, 5.74) is 2.68. The Balaban J connectivity index is 2.09. The number of fused-ring (bicyclic) bond motifs is 3. The second-order valence-corrected chi connectivity index (χ2v) is 5.57. The van der Waals surface area contributed by atoms with E-state index in [1.807, 2.05) is 12.3 Å². The fourth-order valence-corrected chi connectivity index (χ4v) is 3.52. The van der Waals surface area contributed by atoms with Crippen molar-refractivity contribution in [3.8, 4) is 0 Å². The summed E-state index contributed by atoms with van der Waals surface area (Å²) >= 11 is 0. The minimum Gasteiger partial charge on any atom is -0.256 e. The van der Waals surface area contributed by atoms with Gasteiger partial charge in [0.2, 0.25) is 0 Å². The van der Waals surface area contributed by atoms with E-state index in [4.69, 9.17) is 0 Å². The van der Waals surface area contributed by atoms with Crippen LogP contribution in [0.5, 0.6) is 0 Å². The average Bonchev–Trinajstić information content (AvgIpc) is 3.00. The van der Waals surface area contributed by atoms with Crippen molar-refractivity contribution in [1.82, 2.24) is 4.98 Å². The molecule has 3 aromatic rings. The summed E-state index contributed by atoms with van der Waals surface area (Å²) in [5.74, 6) is 0.733. The van der Waals surface area contributed by atoms with Gasteiger partial charge in [-0.3, -0.25) is 4.98 Å². The molecule has 0 aliphatic heterocycles. The number of pyridine rings is 1. The summed E-state index contributed by atoms with van der Waals surface area (Å²) in [5, 5.41) is 3.96. The van der Waals surface area contributed by atoms with Crippen molar-refractivity contribution in [3.63, 3.8) is 0 Å². The summed E-state index contributed by atoms with van der Waals surface area (Å²) in [6.07, 6.45) is 7.33. The lowest BCUT2D eigenvalue weighted by Gasteiger charge is -2.14. The number of hydrogen-bond acceptors (Lipinski definition) is 1. The van der Waals surface area contributed by atoms with Crippen molar-refractivity contribution < 1.29 is 0 Å². The molecule has 1 saturated carbocycles. The van der Waals surface area contributed by atoms with Gasteiger partial charge in [0.05, 0.1) is 5.52 Å². The number of benzene rings is 2. The SMILES string of the molecule is c1cnc2c(c1)ccc1cccc(C3CCCC3)c12. The maximum atomic E-state index is 4.64. The smallest absolute Gasteiger partial charge is 0.0783 e. The van der Waals surface area contributed by atoms with Gasteiger partial charge >= 0.3 is 0 Å². The van der Waals surface area contributed by atoms with Gasteiger partial charge in [-0.2, -0.15) is 0 Å². The Kier molecular flexibility index (Phi) is 2.51. The molecule has 19 heavy (non-hydrogen) atoms. The lowest BCUT2D eigenvalue weighted by molar-refractivity contribution is 0.730. The Labute approximate surface area is 113 Å². The van der Waals surface area contributed by atoms with Crippen LogP contribution < -0.4 is 0 Å². The number of nitrogens with zero attached hydrogens (tertiary/aromatic N) is 1. The third-order valence-electron chi connectivity index (χ3n) is 4.44. The highest BCUT2D eigenvalue weighted by Crippen LogP contribution is 2.39. The van der Waals surface area contributed by atoms with Gasteiger partial charge in [-0.1, -0.05) is 49.2 Å². The molecule has 0 amide bonds. The van der Waals surface area contributed by atoms with Crippen molar-refractivity contribution >= 4 is 21.7 Å². The van der Waals surface area contributed by atoms with Gasteiger partial charge in [0.15, 0.2) is 0 Å². The standard InChI is InChI=1S/C18H17N/c1-2-6-13(5-1)16-9-3-7-14-10-11-15-8-4-12-19-18(15)17(14)16/h3-4,7-13H,1-2,5-6H2. The van der Waals surface area contributed by atoms with Crippen LogP contribution in [0.2, 0.25) is 0 Å². The molecule has 94 valence electrons. The first-order valence-corrected chi connectivity index (χ1v) is 7.20. The number of aromatic nitrogens is 1. The molecule has 1 aromatic heterocycles. The molecule has 1 fully saturated rings. The second kappa shape index (κ2) is 4.34. The van der Waals surface area contributed by atoms with Crippen LogP contribution in [-0.2, 0) is 0 Å². The molecular weight excluding hydrogens is 230 g/mol. The molecular formula is C18H17N. The highest BCUT2D eigenvalue weighted by molar-refractivity contribution is 6.07. The van der Waals surface area contributed by atoms with E-state index < -0.39 is 0 Å². The lowest BCUT2D eigenvalue weighted by atomic mass is 9.91. The fraction of sp³-hybridized carbons (Fsp3) is 0.278. The van der Waals surface area contributed by atoms with E-state index in [0.717, 1.165) is 5.92 Å².